The topological polar surface area (TPSA) is 72.9 Å². The highest BCUT2D eigenvalue weighted by Crippen LogP contribution is 2.31. The highest BCUT2D eigenvalue weighted by Gasteiger charge is 2.22. The lowest BCUT2D eigenvalue weighted by molar-refractivity contribution is 0.0597. The van der Waals surface area contributed by atoms with Crippen molar-refractivity contribution < 1.29 is 22.7 Å². The second-order valence-corrected chi connectivity index (χ2v) is 6.93. The summed E-state index contributed by atoms with van der Waals surface area (Å²) in [6.07, 6.45) is 0. The number of rotatable bonds is 4. The standard InChI is InChI=1S/C15H17NO5S/c1-16(2)22(18,19)14-7-5-6-10-8-12(15(17)21-4)13(20-3)9-11(10)14/h5-9H,1-4H3. The van der Waals surface area contributed by atoms with Crippen molar-refractivity contribution in [3.63, 3.8) is 0 Å². The zero-order valence-electron chi connectivity index (χ0n) is 12.8. The highest BCUT2D eigenvalue weighted by atomic mass is 32.2. The van der Waals surface area contributed by atoms with E-state index in [-0.39, 0.29) is 16.2 Å². The molecule has 0 radical (unpaired) electrons. The molecule has 0 saturated heterocycles. The van der Waals surface area contributed by atoms with Crippen molar-refractivity contribution in [2.75, 3.05) is 28.3 Å². The molecule has 0 atom stereocenters. The average Bonchev–Trinajstić information content (AvgIpc) is 2.51. The fraction of sp³-hybridized carbons (Fsp3) is 0.267. The van der Waals surface area contributed by atoms with Crippen molar-refractivity contribution >= 4 is 26.8 Å². The SMILES string of the molecule is COC(=O)c1cc2cccc(S(=O)(=O)N(C)C)c2cc1OC. The summed E-state index contributed by atoms with van der Waals surface area (Å²) in [6, 6.07) is 7.99. The second-order valence-electron chi connectivity index (χ2n) is 4.81. The Morgan fingerprint density at radius 2 is 1.82 bits per heavy atom. The van der Waals surface area contributed by atoms with Gasteiger partial charge in [0.1, 0.15) is 11.3 Å². The van der Waals surface area contributed by atoms with E-state index in [0.29, 0.717) is 10.8 Å². The summed E-state index contributed by atoms with van der Waals surface area (Å²) in [5.74, 6) is -0.277. The molecule has 0 aliphatic rings. The number of hydrogen-bond acceptors (Lipinski definition) is 5. The van der Waals surface area contributed by atoms with E-state index in [0.717, 1.165) is 4.31 Å². The zero-order valence-corrected chi connectivity index (χ0v) is 13.6. The van der Waals surface area contributed by atoms with Crippen LogP contribution >= 0.6 is 0 Å². The van der Waals surface area contributed by atoms with Crippen molar-refractivity contribution in [2.45, 2.75) is 4.90 Å². The molecule has 0 aliphatic heterocycles. The van der Waals surface area contributed by atoms with Gasteiger partial charge >= 0.3 is 5.97 Å². The monoisotopic (exact) mass is 323 g/mol. The Morgan fingerprint density at radius 1 is 1.14 bits per heavy atom. The summed E-state index contributed by atoms with van der Waals surface area (Å²) >= 11 is 0. The maximum absolute atomic E-state index is 12.4. The van der Waals surface area contributed by atoms with Crippen LogP contribution in [-0.2, 0) is 14.8 Å². The van der Waals surface area contributed by atoms with Crippen LogP contribution in [0.2, 0.25) is 0 Å². The molecule has 22 heavy (non-hydrogen) atoms. The molecule has 0 heterocycles. The molecule has 6 nitrogen and oxygen atoms in total. The number of sulfonamides is 1. The number of fused-ring (bicyclic) bond motifs is 1. The predicted molar refractivity (Wildman–Crippen MR) is 82.7 cm³/mol. The van der Waals surface area contributed by atoms with Crippen LogP contribution in [0.25, 0.3) is 10.8 Å². The predicted octanol–water partition coefficient (Wildman–Crippen LogP) is 1.89. The minimum Gasteiger partial charge on any atom is -0.496 e. The van der Waals surface area contributed by atoms with E-state index in [1.165, 1.54) is 40.4 Å². The lowest BCUT2D eigenvalue weighted by Crippen LogP contribution is -2.22. The van der Waals surface area contributed by atoms with Crippen LogP contribution < -0.4 is 4.74 Å². The number of ether oxygens (including phenoxy) is 2. The van der Waals surface area contributed by atoms with Gasteiger partial charge in [-0.1, -0.05) is 12.1 Å². The van der Waals surface area contributed by atoms with Crippen LogP contribution in [-0.4, -0.2) is 47.0 Å². The smallest absolute Gasteiger partial charge is 0.341 e. The number of nitrogens with zero attached hydrogens (tertiary/aromatic N) is 1. The van der Waals surface area contributed by atoms with Crippen LogP contribution in [0.15, 0.2) is 35.2 Å². The number of carbonyl (C=O) groups is 1. The van der Waals surface area contributed by atoms with E-state index >= 15 is 0 Å². The summed E-state index contributed by atoms with van der Waals surface area (Å²) in [7, 11) is 2.02. The first-order chi connectivity index (χ1) is 10.3. The van der Waals surface area contributed by atoms with Crippen LogP contribution in [0.4, 0.5) is 0 Å². The minimum absolute atomic E-state index is 0.157. The molecule has 2 aromatic rings. The van der Waals surface area contributed by atoms with Crippen LogP contribution in [0.5, 0.6) is 5.75 Å². The summed E-state index contributed by atoms with van der Waals surface area (Å²) in [5.41, 5.74) is 0.247. The third kappa shape index (κ3) is 2.65. The lowest BCUT2D eigenvalue weighted by atomic mass is 10.1. The summed E-state index contributed by atoms with van der Waals surface area (Å²) < 4.78 is 35.9. The molecule has 0 amide bonds. The molecule has 7 heteroatoms. The van der Waals surface area contributed by atoms with E-state index in [4.69, 9.17) is 9.47 Å². The van der Waals surface area contributed by atoms with Crippen molar-refractivity contribution in [1.82, 2.24) is 4.31 Å². The first-order valence-electron chi connectivity index (χ1n) is 6.44. The van der Waals surface area contributed by atoms with E-state index < -0.39 is 16.0 Å². The second kappa shape index (κ2) is 5.94. The molecule has 0 aromatic heterocycles. The maximum atomic E-state index is 12.4. The van der Waals surface area contributed by atoms with Gasteiger partial charge in [0.25, 0.3) is 0 Å². The van der Waals surface area contributed by atoms with E-state index in [9.17, 15) is 13.2 Å². The Balaban J connectivity index is 2.82. The quantitative estimate of drug-likeness (QED) is 0.803. The van der Waals surface area contributed by atoms with E-state index in [2.05, 4.69) is 0 Å². The Morgan fingerprint density at radius 3 is 2.36 bits per heavy atom. The molecule has 118 valence electrons. The van der Waals surface area contributed by atoms with Crippen molar-refractivity contribution in [3.05, 3.63) is 35.9 Å². The molecule has 2 rings (SSSR count). The number of methoxy groups -OCH3 is 2. The largest absolute Gasteiger partial charge is 0.496 e. The molecule has 0 unspecified atom stereocenters. The first kappa shape index (κ1) is 16.3. The van der Waals surface area contributed by atoms with E-state index in [1.54, 1.807) is 18.2 Å². The Kier molecular flexibility index (Phi) is 4.39. The van der Waals surface area contributed by atoms with Crippen LogP contribution in [0, 0.1) is 0 Å². The van der Waals surface area contributed by atoms with Gasteiger partial charge in [0.15, 0.2) is 0 Å². The summed E-state index contributed by atoms with van der Waals surface area (Å²) in [5, 5.41) is 1.10. The van der Waals surface area contributed by atoms with Gasteiger partial charge < -0.3 is 9.47 Å². The van der Waals surface area contributed by atoms with Gasteiger partial charge in [0, 0.05) is 19.5 Å². The number of benzene rings is 2. The van der Waals surface area contributed by atoms with Gasteiger partial charge in [-0.2, -0.15) is 0 Å². The Labute approximate surface area is 129 Å². The van der Waals surface area contributed by atoms with Crippen LogP contribution in [0.3, 0.4) is 0 Å². The molecular formula is C15H17NO5S. The lowest BCUT2D eigenvalue weighted by Gasteiger charge is -2.15. The third-order valence-electron chi connectivity index (χ3n) is 3.32. The third-order valence-corrected chi connectivity index (χ3v) is 5.20. The first-order valence-corrected chi connectivity index (χ1v) is 7.88. The van der Waals surface area contributed by atoms with Crippen molar-refractivity contribution in [1.29, 1.82) is 0 Å². The van der Waals surface area contributed by atoms with Gasteiger partial charge in [0.2, 0.25) is 10.0 Å². The zero-order chi connectivity index (χ0) is 16.5. The molecule has 0 N–H and O–H groups in total. The van der Waals surface area contributed by atoms with Gasteiger partial charge in [-0.05, 0) is 23.6 Å². The molecule has 0 bridgehead atoms. The minimum atomic E-state index is -3.61. The normalized spacial score (nSPS) is 11.7. The molecule has 2 aromatic carbocycles. The Bertz CT molecular complexity index is 827. The molecule has 0 fully saturated rings. The number of hydrogen-bond donors (Lipinski definition) is 0. The molecule has 0 spiro atoms. The van der Waals surface area contributed by atoms with E-state index in [1.807, 2.05) is 0 Å². The van der Waals surface area contributed by atoms with Gasteiger partial charge in [-0.25, -0.2) is 17.5 Å². The fourth-order valence-electron chi connectivity index (χ4n) is 2.14. The molecule has 0 saturated carbocycles. The summed E-state index contributed by atoms with van der Waals surface area (Å²) in [4.78, 5) is 12.0. The molecule has 0 aliphatic carbocycles. The fourth-order valence-corrected chi connectivity index (χ4v) is 3.24. The average molecular weight is 323 g/mol. The molecular weight excluding hydrogens is 306 g/mol. The maximum Gasteiger partial charge on any atom is 0.341 e. The van der Waals surface area contributed by atoms with Gasteiger partial charge in [0.05, 0.1) is 19.1 Å². The van der Waals surface area contributed by atoms with Gasteiger partial charge in [-0.3, -0.25) is 0 Å². The van der Waals surface area contributed by atoms with Crippen molar-refractivity contribution in [3.8, 4) is 5.75 Å². The summed E-state index contributed by atoms with van der Waals surface area (Å²) in [6.45, 7) is 0. The number of carbonyl (C=O) groups excluding carboxylic acids is 1. The van der Waals surface area contributed by atoms with Crippen molar-refractivity contribution in [2.24, 2.45) is 0 Å². The van der Waals surface area contributed by atoms with Crippen LogP contribution in [0.1, 0.15) is 10.4 Å². The van der Waals surface area contributed by atoms with Gasteiger partial charge in [-0.15, -0.1) is 0 Å². The number of esters is 1. The highest BCUT2D eigenvalue weighted by molar-refractivity contribution is 7.89. The Hall–Kier alpha value is -2.12.